The number of nitrogens with zero attached hydrogens (tertiary/aromatic N) is 2. The summed E-state index contributed by atoms with van der Waals surface area (Å²) in [5.74, 6) is -0.721. The molecular weight excluding hydrogens is 223 g/mol. The smallest absolute Gasteiger partial charge is 0.302 e. The Kier molecular flexibility index (Phi) is 5.03. The maximum atomic E-state index is 13.7. The first-order valence-corrected chi connectivity index (χ1v) is 5.66. The Morgan fingerprint density at radius 1 is 1.47 bits per heavy atom. The fourth-order valence-corrected chi connectivity index (χ4v) is 1.63. The summed E-state index contributed by atoms with van der Waals surface area (Å²) in [5, 5.41) is 10.6. The van der Waals surface area contributed by atoms with Crippen molar-refractivity contribution >= 4 is 5.69 Å². The van der Waals surface area contributed by atoms with Crippen molar-refractivity contribution in [1.29, 1.82) is 0 Å². The maximum absolute atomic E-state index is 13.7. The fourth-order valence-electron chi connectivity index (χ4n) is 1.63. The molecule has 0 aliphatic carbocycles. The average Bonchev–Trinajstić information content (AvgIpc) is 2.28. The Hall–Kier alpha value is -1.49. The molecule has 4 nitrogen and oxygen atoms in total. The summed E-state index contributed by atoms with van der Waals surface area (Å²) < 4.78 is 13.7. The SMILES string of the molecule is CCCCN(C)Cc1cccc([N+](=O)[O-])c1F. The van der Waals surface area contributed by atoms with Crippen LogP contribution in [0.4, 0.5) is 10.1 Å². The highest BCUT2D eigenvalue weighted by Crippen LogP contribution is 2.21. The molecule has 0 aromatic heterocycles. The predicted octanol–water partition coefficient (Wildman–Crippen LogP) is 2.97. The summed E-state index contributed by atoms with van der Waals surface area (Å²) in [7, 11) is 1.88. The standard InChI is InChI=1S/C12H17FN2O2/c1-3-4-8-14(2)9-10-6-5-7-11(12(10)13)15(16)17/h5-7H,3-4,8-9H2,1-2H3. The third-order valence-electron chi connectivity index (χ3n) is 2.59. The van der Waals surface area contributed by atoms with Gasteiger partial charge in [-0.1, -0.05) is 25.5 Å². The van der Waals surface area contributed by atoms with E-state index < -0.39 is 16.4 Å². The van der Waals surface area contributed by atoms with Crippen molar-refractivity contribution in [3.05, 3.63) is 39.7 Å². The molecule has 1 aromatic rings. The van der Waals surface area contributed by atoms with Crippen LogP contribution in [0, 0.1) is 15.9 Å². The molecule has 0 saturated heterocycles. The van der Waals surface area contributed by atoms with E-state index in [2.05, 4.69) is 6.92 Å². The number of benzene rings is 1. The number of halogens is 1. The van der Waals surface area contributed by atoms with Crippen molar-refractivity contribution in [2.24, 2.45) is 0 Å². The Bertz CT molecular complexity index is 396. The number of unbranched alkanes of at least 4 members (excludes halogenated alkanes) is 1. The van der Waals surface area contributed by atoms with Gasteiger partial charge in [0.05, 0.1) is 4.92 Å². The Morgan fingerprint density at radius 3 is 2.76 bits per heavy atom. The fraction of sp³-hybridized carbons (Fsp3) is 0.500. The van der Waals surface area contributed by atoms with Crippen LogP contribution in [0.25, 0.3) is 0 Å². The van der Waals surface area contributed by atoms with Crippen LogP contribution >= 0.6 is 0 Å². The predicted molar refractivity (Wildman–Crippen MR) is 64.3 cm³/mol. The third-order valence-corrected chi connectivity index (χ3v) is 2.59. The molecule has 17 heavy (non-hydrogen) atoms. The lowest BCUT2D eigenvalue weighted by Crippen LogP contribution is -2.19. The van der Waals surface area contributed by atoms with Crippen molar-refractivity contribution < 1.29 is 9.31 Å². The molecule has 0 spiro atoms. The van der Waals surface area contributed by atoms with E-state index in [1.54, 1.807) is 6.07 Å². The average molecular weight is 240 g/mol. The van der Waals surface area contributed by atoms with Gasteiger partial charge in [0.25, 0.3) is 0 Å². The lowest BCUT2D eigenvalue weighted by Gasteiger charge is -2.16. The molecule has 0 unspecified atom stereocenters. The molecule has 94 valence electrons. The number of hydrogen-bond donors (Lipinski definition) is 0. The van der Waals surface area contributed by atoms with Crippen molar-refractivity contribution in [2.45, 2.75) is 26.3 Å². The second-order valence-corrected chi connectivity index (χ2v) is 4.10. The monoisotopic (exact) mass is 240 g/mol. The van der Waals surface area contributed by atoms with Crippen molar-refractivity contribution in [1.82, 2.24) is 4.90 Å². The minimum absolute atomic E-state index is 0.373. The minimum atomic E-state index is -0.721. The number of nitro groups is 1. The molecule has 5 heteroatoms. The molecule has 0 aliphatic heterocycles. The molecule has 0 amide bonds. The van der Waals surface area contributed by atoms with E-state index in [-0.39, 0.29) is 0 Å². The van der Waals surface area contributed by atoms with Crippen LogP contribution in [-0.2, 0) is 6.54 Å². The second kappa shape index (κ2) is 6.30. The normalized spacial score (nSPS) is 10.8. The van der Waals surface area contributed by atoms with Crippen molar-refractivity contribution in [2.75, 3.05) is 13.6 Å². The van der Waals surface area contributed by atoms with Gasteiger partial charge in [-0.05, 0) is 20.0 Å². The van der Waals surface area contributed by atoms with Gasteiger partial charge in [-0.3, -0.25) is 10.1 Å². The molecule has 0 atom stereocenters. The summed E-state index contributed by atoms with van der Waals surface area (Å²) in [4.78, 5) is 11.9. The topological polar surface area (TPSA) is 46.4 Å². The third kappa shape index (κ3) is 3.78. The van der Waals surface area contributed by atoms with Crippen LogP contribution in [-0.4, -0.2) is 23.4 Å². The second-order valence-electron chi connectivity index (χ2n) is 4.10. The van der Waals surface area contributed by atoms with E-state index in [4.69, 9.17) is 0 Å². The first kappa shape index (κ1) is 13.6. The molecule has 0 aliphatic rings. The molecule has 1 aromatic carbocycles. The van der Waals surface area contributed by atoms with E-state index >= 15 is 0 Å². The zero-order valence-corrected chi connectivity index (χ0v) is 10.1. The lowest BCUT2D eigenvalue weighted by molar-refractivity contribution is -0.387. The van der Waals surface area contributed by atoms with E-state index in [1.807, 2.05) is 11.9 Å². The van der Waals surface area contributed by atoms with Crippen LogP contribution in [0.2, 0.25) is 0 Å². The highest BCUT2D eigenvalue weighted by Gasteiger charge is 2.17. The van der Waals surface area contributed by atoms with E-state index in [0.717, 1.165) is 19.4 Å². The van der Waals surface area contributed by atoms with Gasteiger partial charge < -0.3 is 4.90 Å². The quantitative estimate of drug-likeness (QED) is 0.567. The minimum Gasteiger partial charge on any atom is -0.302 e. The molecule has 0 radical (unpaired) electrons. The van der Waals surface area contributed by atoms with Crippen molar-refractivity contribution in [3.63, 3.8) is 0 Å². The first-order chi connectivity index (χ1) is 8.06. The summed E-state index contributed by atoms with van der Waals surface area (Å²) in [5.41, 5.74) is -0.0794. The van der Waals surface area contributed by atoms with Gasteiger partial charge in [-0.25, -0.2) is 0 Å². The Morgan fingerprint density at radius 2 is 2.18 bits per heavy atom. The van der Waals surface area contributed by atoms with Crippen LogP contribution in [0.1, 0.15) is 25.3 Å². The molecule has 1 rings (SSSR count). The number of rotatable bonds is 6. The Labute approximate surface area is 100 Å². The van der Waals surface area contributed by atoms with Gasteiger partial charge in [0.15, 0.2) is 0 Å². The van der Waals surface area contributed by atoms with E-state index in [0.29, 0.717) is 12.1 Å². The zero-order valence-electron chi connectivity index (χ0n) is 10.1. The molecule has 0 heterocycles. The number of hydrogen-bond acceptors (Lipinski definition) is 3. The zero-order chi connectivity index (χ0) is 12.8. The van der Waals surface area contributed by atoms with Crippen LogP contribution in [0.15, 0.2) is 18.2 Å². The molecule has 0 N–H and O–H groups in total. The summed E-state index contributed by atoms with van der Waals surface area (Å²) >= 11 is 0. The maximum Gasteiger partial charge on any atom is 0.305 e. The lowest BCUT2D eigenvalue weighted by atomic mass is 10.1. The van der Waals surface area contributed by atoms with E-state index in [9.17, 15) is 14.5 Å². The summed E-state index contributed by atoms with van der Waals surface area (Å²) in [6, 6.07) is 4.29. The summed E-state index contributed by atoms with van der Waals surface area (Å²) in [6.45, 7) is 3.34. The van der Waals surface area contributed by atoms with Gasteiger partial charge in [-0.2, -0.15) is 4.39 Å². The molecule has 0 fully saturated rings. The molecule has 0 bridgehead atoms. The Balaban J connectivity index is 2.77. The van der Waals surface area contributed by atoms with Crippen LogP contribution in [0.5, 0.6) is 0 Å². The number of nitro benzene ring substituents is 1. The summed E-state index contributed by atoms with van der Waals surface area (Å²) in [6.07, 6.45) is 2.11. The van der Waals surface area contributed by atoms with E-state index in [1.165, 1.54) is 12.1 Å². The molecule has 0 saturated carbocycles. The van der Waals surface area contributed by atoms with Gasteiger partial charge in [0.1, 0.15) is 0 Å². The van der Waals surface area contributed by atoms with Gasteiger partial charge in [-0.15, -0.1) is 0 Å². The van der Waals surface area contributed by atoms with Gasteiger partial charge in [0, 0.05) is 18.2 Å². The highest BCUT2D eigenvalue weighted by molar-refractivity contribution is 5.36. The van der Waals surface area contributed by atoms with Gasteiger partial charge in [0.2, 0.25) is 5.82 Å². The molecular formula is C12H17FN2O2. The van der Waals surface area contributed by atoms with Gasteiger partial charge >= 0.3 is 5.69 Å². The van der Waals surface area contributed by atoms with Crippen LogP contribution in [0.3, 0.4) is 0 Å². The largest absolute Gasteiger partial charge is 0.305 e. The highest BCUT2D eigenvalue weighted by atomic mass is 19.1. The van der Waals surface area contributed by atoms with Crippen molar-refractivity contribution in [3.8, 4) is 0 Å². The first-order valence-electron chi connectivity index (χ1n) is 5.66. The van der Waals surface area contributed by atoms with Crippen LogP contribution < -0.4 is 0 Å².